The number of benzene rings is 1. The molecular weight excluding hydrogens is 362 g/mol. The first-order valence-electron chi connectivity index (χ1n) is 10.4. The fourth-order valence-electron chi connectivity index (χ4n) is 4.38. The highest BCUT2D eigenvalue weighted by Gasteiger charge is 2.25. The Hall–Kier alpha value is -3.15. The van der Waals surface area contributed by atoms with E-state index in [4.69, 9.17) is 4.98 Å². The molecule has 5 rings (SSSR count). The molecule has 2 aliphatic rings. The average Bonchev–Trinajstić information content (AvgIpc) is 3.34. The van der Waals surface area contributed by atoms with Gasteiger partial charge in [0.2, 0.25) is 0 Å². The molecule has 0 radical (unpaired) electrons. The van der Waals surface area contributed by atoms with E-state index in [0.29, 0.717) is 0 Å². The number of anilines is 2. The number of amides is 1. The monoisotopic (exact) mass is 387 g/mol. The second kappa shape index (κ2) is 7.70. The van der Waals surface area contributed by atoms with Crippen LogP contribution in [0.2, 0.25) is 0 Å². The highest BCUT2D eigenvalue weighted by Crippen LogP contribution is 2.29. The van der Waals surface area contributed by atoms with Crippen molar-refractivity contribution in [2.45, 2.75) is 12.8 Å². The van der Waals surface area contributed by atoms with Crippen LogP contribution in [0, 0.1) is 0 Å². The van der Waals surface area contributed by atoms with E-state index in [1.165, 1.54) is 0 Å². The molecule has 1 amide bonds. The molecule has 4 heterocycles. The Bertz CT molecular complexity index is 1010. The third-order valence-electron chi connectivity index (χ3n) is 5.95. The minimum Gasteiger partial charge on any atom is -0.353 e. The molecule has 2 saturated heterocycles. The third kappa shape index (κ3) is 3.39. The van der Waals surface area contributed by atoms with Gasteiger partial charge in [0, 0.05) is 57.0 Å². The van der Waals surface area contributed by atoms with Crippen LogP contribution < -0.4 is 9.80 Å². The van der Waals surface area contributed by atoms with E-state index in [2.05, 4.69) is 26.9 Å². The standard InChI is InChI=1S/C23H25N5O/c29-23(28-11-5-6-12-28)20-17-25-22(19-8-2-1-7-18(19)20)27-15-13-26(14-16-27)21-9-3-4-10-24-21/h1-4,7-10,17H,5-6,11-16H2. The summed E-state index contributed by atoms with van der Waals surface area (Å²) in [4.78, 5) is 28.8. The Morgan fingerprint density at radius 2 is 1.45 bits per heavy atom. The van der Waals surface area contributed by atoms with Gasteiger partial charge in [-0.1, -0.05) is 30.3 Å². The summed E-state index contributed by atoms with van der Waals surface area (Å²) in [6, 6.07) is 14.2. The highest BCUT2D eigenvalue weighted by atomic mass is 16.2. The maximum Gasteiger partial charge on any atom is 0.256 e. The summed E-state index contributed by atoms with van der Waals surface area (Å²) < 4.78 is 0. The van der Waals surface area contributed by atoms with Crippen LogP contribution in [-0.2, 0) is 0 Å². The predicted octanol–water partition coefficient (Wildman–Crippen LogP) is 3.19. The molecule has 2 aromatic heterocycles. The van der Waals surface area contributed by atoms with Gasteiger partial charge in [-0.25, -0.2) is 9.97 Å². The van der Waals surface area contributed by atoms with E-state index >= 15 is 0 Å². The molecule has 0 N–H and O–H groups in total. The topological polar surface area (TPSA) is 52.6 Å². The zero-order chi connectivity index (χ0) is 19.6. The lowest BCUT2D eigenvalue weighted by atomic mass is 10.1. The Morgan fingerprint density at radius 3 is 2.17 bits per heavy atom. The Balaban J connectivity index is 1.41. The molecular formula is C23H25N5O. The normalized spacial score (nSPS) is 17.2. The number of carbonyl (C=O) groups excluding carboxylic acids is 1. The number of hydrogen-bond acceptors (Lipinski definition) is 5. The molecule has 0 aliphatic carbocycles. The second-order valence-corrected chi connectivity index (χ2v) is 7.70. The zero-order valence-electron chi connectivity index (χ0n) is 16.5. The van der Waals surface area contributed by atoms with Crippen molar-refractivity contribution in [3.8, 4) is 0 Å². The van der Waals surface area contributed by atoms with Crippen molar-refractivity contribution in [3.05, 3.63) is 60.4 Å². The summed E-state index contributed by atoms with van der Waals surface area (Å²) in [6.07, 6.45) is 5.81. The van der Waals surface area contributed by atoms with Crippen LogP contribution in [-0.4, -0.2) is 60.0 Å². The molecule has 1 aromatic carbocycles. The van der Waals surface area contributed by atoms with Crippen LogP contribution in [0.1, 0.15) is 23.2 Å². The smallest absolute Gasteiger partial charge is 0.256 e. The number of pyridine rings is 2. The molecule has 6 heteroatoms. The lowest BCUT2D eigenvalue weighted by molar-refractivity contribution is 0.0794. The molecule has 29 heavy (non-hydrogen) atoms. The SMILES string of the molecule is O=C(c1cnc(N2CCN(c3ccccn3)CC2)c2ccccc12)N1CCCC1. The third-order valence-corrected chi connectivity index (χ3v) is 5.95. The van der Waals surface area contributed by atoms with Crippen LogP contribution in [0.5, 0.6) is 0 Å². The molecule has 0 atom stereocenters. The fraction of sp³-hybridized carbons (Fsp3) is 0.348. The van der Waals surface area contributed by atoms with Crippen molar-refractivity contribution in [2.75, 3.05) is 49.1 Å². The quantitative estimate of drug-likeness (QED) is 0.691. The summed E-state index contributed by atoms with van der Waals surface area (Å²) in [7, 11) is 0. The van der Waals surface area contributed by atoms with Gasteiger partial charge in [0.25, 0.3) is 5.91 Å². The largest absolute Gasteiger partial charge is 0.353 e. The van der Waals surface area contributed by atoms with Crippen molar-refractivity contribution in [2.24, 2.45) is 0 Å². The van der Waals surface area contributed by atoms with E-state index < -0.39 is 0 Å². The molecule has 0 spiro atoms. The lowest BCUT2D eigenvalue weighted by Crippen LogP contribution is -2.47. The van der Waals surface area contributed by atoms with Gasteiger partial charge in [0.15, 0.2) is 0 Å². The summed E-state index contributed by atoms with van der Waals surface area (Å²) in [5.74, 6) is 2.11. The Kier molecular flexibility index (Phi) is 4.76. The molecule has 6 nitrogen and oxygen atoms in total. The summed E-state index contributed by atoms with van der Waals surface area (Å²) in [5.41, 5.74) is 0.721. The maximum atomic E-state index is 13.0. The number of carbonyl (C=O) groups is 1. The zero-order valence-corrected chi connectivity index (χ0v) is 16.5. The Morgan fingerprint density at radius 1 is 0.759 bits per heavy atom. The average molecular weight is 387 g/mol. The molecule has 0 bridgehead atoms. The van der Waals surface area contributed by atoms with Crippen LogP contribution in [0.25, 0.3) is 10.8 Å². The van der Waals surface area contributed by atoms with Gasteiger partial charge in [0.05, 0.1) is 5.56 Å². The maximum absolute atomic E-state index is 13.0. The number of nitrogens with zero attached hydrogens (tertiary/aromatic N) is 5. The van der Waals surface area contributed by atoms with Crippen LogP contribution in [0.3, 0.4) is 0 Å². The molecule has 0 saturated carbocycles. The van der Waals surface area contributed by atoms with Crippen molar-refractivity contribution in [1.29, 1.82) is 0 Å². The molecule has 2 aliphatic heterocycles. The van der Waals surface area contributed by atoms with Crippen LogP contribution in [0.15, 0.2) is 54.9 Å². The van der Waals surface area contributed by atoms with Gasteiger partial charge >= 0.3 is 0 Å². The minimum absolute atomic E-state index is 0.109. The van der Waals surface area contributed by atoms with Gasteiger partial charge in [-0.2, -0.15) is 0 Å². The van der Waals surface area contributed by atoms with Gasteiger partial charge in [0.1, 0.15) is 11.6 Å². The van der Waals surface area contributed by atoms with Gasteiger partial charge in [-0.05, 0) is 30.4 Å². The van der Waals surface area contributed by atoms with Crippen molar-refractivity contribution >= 4 is 28.3 Å². The number of fused-ring (bicyclic) bond motifs is 1. The molecule has 3 aromatic rings. The van der Waals surface area contributed by atoms with Crippen LogP contribution in [0.4, 0.5) is 11.6 Å². The first-order chi connectivity index (χ1) is 14.3. The summed E-state index contributed by atoms with van der Waals surface area (Å²) in [5, 5.41) is 2.06. The summed E-state index contributed by atoms with van der Waals surface area (Å²) >= 11 is 0. The van der Waals surface area contributed by atoms with Crippen molar-refractivity contribution in [3.63, 3.8) is 0 Å². The van der Waals surface area contributed by atoms with E-state index in [1.54, 1.807) is 6.20 Å². The highest BCUT2D eigenvalue weighted by molar-refractivity contribution is 6.09. The summed E-state index contributed by atoms with van der Waals surface area (Å²) in [6.45, 7) is 5.28. The first kappa shape index (κ1) is 17.9. The number of likely N-dealkylation sites (tertiary alicyclic amines) is 1. The van der Waals surface area contributed by atoms with Crippen molar-refractivity contribution < 1.29 is 4.79 Å². The minimum atomic E-state index is 0.109. The Labute approximate surface area is 170 Å². The van der Waals surface area contributed by atoms with Gasteiger partial charge < -0.3 is 14.7 Å². The van der Waals surface area contributed by atoms with E-state index in [0.717, 1.165) is 80.1 Å². The van der Waals surface area contributed by atoms with Crippen LogP contribution >= 0.6 is 0 Å². The number of rotatable bonds is 3. The van der Waals surface area contributed by atoms with Gasteiger partial charge in [-0.15, -0.1) is 0 Å². The predicted molar refractivity (Wildman–Crippen MR) is 116 cm³/mol. The number of aromatic nitrogens is 2. The number of piperazine rings is 1. The molecule has 0 unspecified atom stereocenters. The van der Waals surface area contributed by atoms with Gasteiger partial charge in [-0.3, -0.25) is 4.79 Å². The van der Waals surface area contributed by atoms with E-state index in [1.807, 2.05) is 41.4 Å². The van der Waals surface area contributed by atoms with E-state index in [9.17, 15) is 4.79 Å². The lowest BCUT2D eigenvalue weighted by Gasteiger charge is -2.36. The molecule has 2 fully saturated rings. The van der Waals surface area contributed by atoms with E-state index in [-0.39, 0.29) is 5.91 Å². The van der Waals surface area contributed by atoms with Crippen molar-refractivity contribution in [1.82, 2.24) is 14.9 Å². The fourth-order valence-corrected chi connectivity index (χ4v) is 4.38. The number of hydrogen-bond donors (Lipinski definition) is 0. The molecule has 148 valence electrons. The first-order valence-corrected chi connectivity index (χ1v) is 10.4. The second-order valence-electron chi connectivity index (χ2n) is 7.70.